The van der Waals surface area contributed by atoms with Crippen molar-refractivity contribution in [2.75, 3.05) is 10.7 Å². The molecule has 202 valence electrons. The monoisotopic (exact) mass is 554 g/mol. The fourth-order valence-electron chi connectivity index (χ4n) is 3.47. The van der Waals surface area contributed by atoms with Gasteiger partial charge in [-0.05, 0) is 54.8 Å². The summed E-state index contributed by atoms with van der Waals surface area (Å²) in [5, 5.41) is 15.2. The fourth-order valence-corrected chi connectivity index (χ4v) is 4.18. The number of hydrogen-bond acceptors (Lipinski definition) is 6. The standard InChI is InChI=1S/C16H13F3N4O.C11H12N2OS/c17-16(18,19)24-14-7-5-13(6-8-14)22-10-23-15(21)12-3-1-11(9-20)2-4-12;1-7-4-3-5-8(2)10(7)13-9(14)6-15-11(13)12/h1-10,20H,(H2,21,22,23);3-5,12H,6H2,1-2H3. The van der Waals surface area contributed by atoms with E-state index >= 15 is 0 Å². The highest BCUT2D eigenvalue weighted by atomic mass is 32.2. The number of nitrogens with zero attached hydrogens (tertiary/aromatic N) is 3. The number of hydrogen-bond donors (Lipinski definition) is 3. The number of carbonyl (C=O) groups is 1. The minimum Gasteiger partial charge on any atom is -0.406 e. The number of aliphatic imine (C=N–C) groups is 2. The van der Waals surface area contributed by atoms with Gasteiger partial charge in [0.2, 0.25) is 5.91 Å². The number of anilines is 1. The van der Waals surface area contributed by atoms with Gasteiger partial charge < -0.3 is 15.9 Å². The van der Waals surface area contributed by atoms with Gasteiger partial charge in [0, 0.05) is 11.8 Å². The lowest BCUT2D eigenvalue weighted by molar-refractivity contribution is -0.274. The molecule has 4 rings (SSSR count). The van der Waals surface area contributed by atoms with Gasteiger partial charge in [-0.25, -0.2) is 9.98 Å². The van der Waals surface area contributed by atoms with E-state index < -0.39 is 6.36 Å². The van der Waals surface area contributed by atoms with E-state index in [1.807, 2.05) is 32.0 Å². The van der Waals surface area contributed by atoms with E-state index in [0.717, 1.165) is 34.5 Å². The van der Waals surface area contributed by atoms with Gasteiger partial charge >= 0.3 is 6.36 Å². The molecule has 1 fully saturated rings. The Hall–Kier alpha value is -4.45. The van der Waals surface area contributed by atoms with Crippen molar-refractivity contribution in [3.05, 3.63) is 89.0 Å². The molecule has 0 radical (unpaired) electrons. The number of ether oxygens (including phenoxy) is 1. The van der Waals surface area contributed by atoms with Crippen molar-refractivity contribution in [2.45, 2.75) is 20.2 Å². The summed E-state index contributed by atoms with van der Waals surface area (Å²) in [6.07, 6.45) is -2.30. The van der Waals surface area contributed by atoms with Gasteiger partial charge in [0.25, 0.3) is 0 Å². The van der Waals surface area contributed by atoms with Crippen LogP contribution in [0.3, 0.4) is 0 Å². The average molecular weight is 555 g/mol. The molecule has 0 bridgehead atoms. The van der Waals surface area contributed by atoms with E-state index in [0.29, 0.717) is 22.2 Å². The first-order valence-electron chi connectivity index (χ1n) is 11.4. The predicted octanol–water partition coefficient (Wildman–Crippen LogP) is 5.97. The molecule has 12 heteroatoms. The Balaban J connectivity index is 0.000000239. The summed E-state index contributed by atoms with van der Waals surface area (Å²) < 4.78 is 39.9. The van der Waals surface area contributed by atoms with Crippen LogP contribution in [0.1, 0.15) is 22.3 Å². The summed E-state index contributed by atoms with van der Waals surface area (Å²) in [5.74, 6) is 0.289. The number of carbonyl (C=O) groups excluding carboxylic acids is 1. The number of halogens is 3. The molecule has 1 saturated heterocycles. The number of nitrogens with one attached hydrogen (secondary N) is 2. The molecule has 8 nitrogen and oxygen atoms in total. The molecule has 0 aromatic heterocycles. The van der Waals surface area contributed by atoms with Crippen LogP contribution in [0, 0.1) is 24.7 Å². The summed E-state index contributed by atoms with van der Waals surface area (Å²) >= 11 is 1.29. The Morgan fingerprint density at radius 2 is 1.67 bits per heavy atom. The smallest absolute Gasteiger partial charge is 0.406 e. The maximum absolute atomic E-state index is 12.0. The van der Waals surface area contributed by atoms with Crippen LogP contribution in [0.5, 0.6) is 5.75 Å². The molecule has 0 spiro atoms. The van der Waals surface area contributed by atoms with Crippen LogP contribution >= 0.6 is 11.8 Å². The van der Waals surface area contributed by atoms with Crippen LogP contribution in [0.15, 0.2) is 76.7 Å². The zero-order valence-corrected chi connectivity index (χ0v) is 21.8. The van der Waals surface area contributed by atoms with Crippen molar-refractivity contribution in [3.63, 3.8) is 0 Å². The SMILES string of the molecule is Cc1cccc(C)c1N1C(=N)SCC1=O.N=Cc1ccc(C(N)=NC=Nc2ccc(OC(F)(F)F)cc2)cc1. The maximum Gasteiger partial charge on any atom is 0.573 e. The lowest BCUT2D eigenvalue weighted by Crippen LogP contribution is -2.29. The third-order valence-electron chi connectivity index (χ3n) is 5.29. The lowest BCUT2D eigenvalue weighted by Gasteiger charge is -2.19. The molecule has 39 heavy (non-hydrogen) atoms. The molecule has 1 amide bonds. The van der Waals surface area contributed by atoms with Crippen molar-refractivity contribution >= 4 is 52.6 Å². The summed E-state index contributed by atoms with van der Waals surface area (Å²) in [6, 6.07) is 17.8. The van der Waals surface area contributed by atoms with Crippen molar-refractivity contribution in [2.24, 2.45) is 15.7 Å². The van der Waals surface area contributed by atoms with Crippen molar-refractivity contribution in [1.82, 2.24) is 0 Å². The van der Waals surface area contributed by atoms with E-state index in [-0.39, 0.29) is 17.5 Å². The number of thioether (sulfide) groups is 1. The number of aryl methyl sites for hydroxylation is 2. The zero-order chi connectivity index (χ0) is 28.6. The second-order valence-corrected chi connectivity index (χ2v) is 9.09. The highest BCUT2D eigenvalue weighted by Crippen LogP contribution is 2.31. The number of rotatable bonds is 6. The highest BCUT2D eigenvalue weighted by molar-refractivity contribution is 8.15. The van der Waals surface area contributed by atoms with Crippen LogP contribution in [0.2, 0.25) is 0 Å². The van der Waals surface area contributed by atoms with E-state index in [9.17, 15) is 18.0 Å². The molecule has 1 heterocycles. The zero-order valence-electron chi connectivity index (χ0n) is 21.0. The first-order chi connectivity index (χ1) is 18.5. The molecule has 1 aliphatic heterocycles. The maximum atomic E-state index is 12.0. The molecule has 0 atom stereocenters. The molecule has 0 unspecified atom stereocenters. The van der Waals surface area contributed by atoms with Gasteiger partial charge in [0.15, 0.2) is 5.17 Å². The van der Waals surface area contributed by atoms with Gasteiger partial charge in [-0.15, -0.1) is 13.2 Å². The quantitative estimate of drug-likeness (QED) is 0.256. The number of para-hydroxylation sites is 1. The lowest BCUT2D eigenvalue weighted by atomic mass is 10.1. The number of benzene rings is 3. The molecule has 3 aromatic rings. The summed E-state index contributed by atoms with van der Waals surface area (Å²) in [7, 11) is 0. The van der Waals surface area contributed by atoms with E-state index in [1.165, 1.54) is 41.3 Å². The largest absolute Gasteiger partial charge is 0.573 e. The van der Waals surface area contributed by atoms with Gasteiger partial charge in [0.1, 0.15) is 17.9 Å². The molecule has 0 aliphatic carbocycles. The average Bonchev–Trinajstić information content (AvgIpc) is 3.22. The Morgan fingerprint density at radius 3 is 2.18 bits per heavy atom. The second-order valence-electron chi connectivity index (χ2n) is 8.13. The van der Waals surface area contributed by atoms with Crippen LogP contribution in [-0.4, -0.2) is 41.6 Å². The number of nitrogens with two attached hydrogens (primary N) is 1. The number of amidine groups is 2. The predicted molar refractivity (Wildman–Crippen MR) is 150 cm³/mol. The molecule has 1 aliphatic rings. The first kappa shape index (κ1) is 29.1. The van der Waals surface area contributed by atoms with Crippen LogP contribution in [-0.2, 0) is 4.79 Å². The van der Waals surface area contributed by atoms with E-state index in [1.54, 1.807) is 24.3 Å². The summed E-state index contributed by atoms with van der Waals surface area (Å²) in [5.41, 5.74) is 10.6. The minimum atomic E-state index is -4.73. The second kappa shape index (κ2) is 12.9. The van der Waals surface area contributed by atoms with E-state index in [4.69, 9.17) is 16.6 Å². The summed E-state index contributed by atoms with van der Waals surface area (Å²) in [4.78, 5) is 21.1. The number of alkyl halides is 3. The topological polar surface area (TPSA) is 128 Å². The van der Waals surface area contributed by atoms with Gasteiger partial charge in [-0.3, -0.25) is 15.1 Å². The molecule has 4 N–H and O–H groups in total. The molecular weight excluding hydrogens is 529 g/mol. The van der Waals surface area contributed by atoms with Crippen LogP contribution in [0.4, 0.5) is 24.5 Å². The first-order valence-corrected chi connectivity index (χ1v) is 12.4. The number of amides is 1. The van der Waals surface area contributed by atoms with Crippen molar-refractivity contribution in [1.29, 1.82) is 10.8 Å². The third kappa shape index (κ3) is 8.27. The molecule has 0 saturated carbocycles. The highest BCUT2D eigenvalue weighted by Gasteiger charge is 2.31. The van der Waals surface area contributed by atoms with Crippen LogP contribution < -0.4 is 15.4 Å². The fraction of sp³-hybridized carbons (Fsp3) is 0.148. The van der Waals surface area contributed by atoms with Gasteiger partial charge in [0.05, 0.1) is 17.1 Å². The Kier molecular flexibility index (Phi) is 9.61. The Morgan fingerprint density at radius 1 is 1.05 bits per heavy atom. The normalized spacial score (nSPS) is 13.9. The minimum absolute atomic E-state index is 0.00222. The van der Waals surface area contributed by atoms with Gasteiger partial charge in [-0.1, -0.05) is 54.2 Å². The Bertz CT molecular complexity index is 1370. The molecule has 3 aromatic carbocycles. The summed E-state index contributed by atoms with van der Waals surface area (Å²) in [6.45, 7) is 3.93. The van der Waals surface area contributed by atoms with Gasteiger partial charge in [-0.2, -0.15) is 0 Å². The van der Waals surface area contributed by atoms with Crippen LogP contribution in [0.25, 0.3) is 0 Å². The third-order valence-corrected chi connectivity index (χ3v) is 6.14. The molecular formula is C27H25F3N6O2S. The van der Waals surface area contributed by atoms with Crippen molar-refractivity contribution < 1.29 is 22.7 Å². The van der Waals surface area contributed by atoms with E-state index in [2.05, 4.69) is 14.7 Å². The van der Waals surface area contributed by atoms with Crippen molar-refractivity contribution in [3.8, 4) is 5.75 Å². The Labute approximate surface area is 227 Å².